The van der Waals surface area contributed by atoms with Gasteiger partial charge in [-0.2, -0.15) is 12.6 Å². The van der Waals surface area contributed by atoms with Gasteiger partial charge in [0.25, 0.3) is 0 Å². The number of hydrogen-bond donors (Lipinski definition) is 3. The average molecular weight is 185 g/mol. The van der Waals surface area contributed by atoms with E-state index in [0.29, 0.717) is 0 Å². The lowest BCUT2D eigenvalue weighted by Gasteiger charge is -2.22. The summed E-state index contributed by atoms with van der Waals surface area (Å²) in [7, 11) is 0. The minimum absolute atomic E-state index is 0. The fourth-order valence-corrected chi connectivity index (χ4v) is 0.475. The zero-order chi connectivity index (χ0) is 7.65. The van der Waals surface area contributed by atoms with Crippen molar-refractivity contribution >= 4 is 30.9 Å². The molecule has 0 fully saturated rings. The van der Waals surface area contributed by atoms with Gasteiger partial charge < -0.3 is 11.5 Å². The number of carbonyl (C=O) groups is 1. The molecule has 3 nitrogen and oxygen atoms in total. The van der Waals surface area contributed by atoms with Gasteiger partial charge in [-0.1, -0.05) is 0 Å². The van der Waals surface area contributed by atoms with Crippen LogP contribution >= 0.6 is 25.0 Å². The Balaban J connectivity index is 0. The molecule has 0 spiro atoms. The van der Waals surface area contributed by atoms with Crippen LogP contribution in [0.5, 0.6) is 0 Å². The van der Waals surface area contributed by atoms with Crippen LogP contribution in [0.2, 0.25) is 0 Å². The van der Waals surface area contributed by atoms with Crippen LogP contribution in [-0.2, 0) is 4.79 Å². The van der Waals surface area contributed by atoms with Crippen LogP contribution in [0.1, 0.15) is 13.8 Å². The second-order valence-electron chi connectivity index (χ2n) is 2.53. The lowest BCUT2D eigenvalue weighted by atomic mass is 10.0. The van der Waals surface area contributed by atoms with Crippen molar-refractivity contribution in [1.29, 1.82) is 0 Å². The van der Waals surface area contributed by atoms with Crippen LogP contribution in [0, 0.1) is 0 Å². The van der Waals surface area contributed by atoms with E-state index in [1.807, 2.05) is 0 Å². The fourth-order valence-electron chi connectivity index (χ4n) is 0.348. The number of thiol groups is 1. The molecule has 0 heterocycles. The third kappa shape index (κ3) is 3.98. The predicted molar refractivity (Wildman–Crippen MR) is 47.5 cm³/mol. The monoisotopic (exact) mass is 184 g/mol. The zero-order valence-corrected chi connectivity index (χ0v) is 7.71. The Bertz CT molecular complexity index is 123. The Kier molecular flexibility index (Phi) is 5.16. The molecule has 0 aromatic carbocycles. The second-order valence-corrected chi connectivity index (χ2v) is 3.69. The van der Waals surface area contributed by atoms with Gasteiger partial charge in [-0.15, -0.1) is 12.4 Å². The maximum Gasteiger partial charge on any atom is 0.235 e. The smallest absolute Gasteiger partial charge is 0.235 e. The van der Waals surface area contributed by atoms with Crippen molar-refractivity contribution in [3.8, 4) is 0 Å². The van der Waals surface area contributed by atoms with Crippen molar-refractivity contribution < 1.29 is 4.79 Å². The number of halogens is 1. The minimum atomic E-state index is -0.680. The molecule has 0 saturated carbocycles. The topological polar surface area (TPSA) is 69.1 Å². The van der Waals surface area contributed by atoms with Gasteiger partial charge in [-0.25, -0.2) is 0 Å². The molecule has 0 saturated heterocycles. The fraction of sp³-hybridized carbons (Fsp3) is 0.800. The largest absolute Gasteiger partial charge is 0.368 e. The van der Waals surface area contributed by atoms with Crippen LogP contribution in [0.3, 0.4) is 0 Å². The molecule has 10 heavy (non-hydrogen) atoms. The molecule has 0 bridgehead atoms. The van der Waals surface area contributed by atoms with Crippen molar-refractivity contribution in [1.82, 2.24) is 0 Å². The van der Waals surface area contributed by atoms with Crippen LogP contribution < -0.4 is 11.5 Å². The van der Waals surface area contributed by atoms with E-state index in [0.717, 1.165) is 0 Å². The summed E-state index contributed by atoms with van der Waals surface area (Å²) < 4.78 is -0.522. The molecule has 62 valence electrons. The lowest BCUT2D eigenvalue weighted by molar-refractivity contribution is -0.119. The molecule has 5 heteroatoms. The summed E-state index contributed by atoms with van der Waals surface area (Å²) in [5.41, 5.74) is 10.3. The van der Waals surface area contributed by atoms with Gasteiger partial charge in [-0.3, -0.25) is 4.79 Å². The first-order chi connectivity index (χ1) is 3.85. The number of nitrogens with two attached hydrogens (primary N) is 2. The van der Waals surface area contributed by atoms with Crippen molar-refractivity contribution in [2.75, 3.05) is 0 Å². The van der Waals surface area contributed by atoms with Gasteiger partial charge in [0.05, 0.1) is 6.04 Å². The van der Waals surface area contributed by atoms with Gasteiger partial charge in [0.2, 0.25) is 5.91 Å². The maximum atomic E-state index is 10.4. The summed E-state index contributed by atoms with van der Waals surface area (Å²) >= 11 is 4.06. The van der Waals surface area contributed by atoms with Crippen molar-refractivity contribution in [3.63, 3.8) is 0 Å². The van der Waals surface area contributed by atoms with Crippen LogP contribution in [0.15, 0.2) is 0 Å². The number of carbonyl (C=O) groups excluding carboxylic acids is 1. The van der Waals surface area contributed by atoms with E-state index in [1.165, 1.54) is 0 Å². The highest BCUT2D eigenvalue weighted by molar-refractivity contribution is 7.81. The first-order valence-electron chi connectivity index (χ1n) is 2.63. The Hall–Kier alpha value is 0.0700. The summed E-state index contributed by atoms with van der Waals surface area (Å²) in [5.74, 6) is -0.519. The van der Waals surface area contributed by atoms with E-state index >= 15 is 0 Å². The SMILES string of the molecule is CC(C)(S)C(N)C(N)=O.Cl. The van der Waals surface area contributed by atoms with Crippen LogP contribution in [-0.4, -0.2) is 16.7 Å². The Morgan fingerprint density at radius 2 is 1.90 bits per heavy atom. The summed E-state index contributed by atoms with van der Waals surface area (Å²) in [5, 5.41) is 0. The third-order valence-electron chi connectivity index (χ3n) is 1.07. The third-order valence-corrected chi connectivity index (χ3v) is 1.35. The number of primary amides is 1. The molecule has 0 radical (unpaired) electrons. The van der Waals surface area contributed by atoms with E-state index in [2.05, 4.69) is 12.6 Å². The molecular formula is C5H13ClN2OS. The second kappa shape index (κ2) is 4.05. The van der Waals surface area contributed by atoms with E-state index in [1.54, 1.807) is 13.8 Å². The van der Waals surface area contributed by atoms with Gasteiger partial charge in [0, 0.05) is 4.75 Å². The summed E-state index contributed by atoms with van der Waals surface area (Å²) in [4.78, 5) is 10.4. The molecule has 0 aliphatic rings. The van der Waals surface area contributed by atoms with E-state index in [-0.39, 0.29) is 12.4 Å². The molecule has 0 rings (SSSR count). The molecule has 1 atom stereocenters. The number of hydrogen-bond acceptors (Lipinski definition) is 3. The molecule has 0 aliphatic carbocycles. The normalized spacial score (nSPS) is 13.6. The molecule has 4 N–H and O–H groups in total. The molecule has 0 aliphatic heterocycles. The Labute approximate surface area is 72.3 Å². The summed E-state index contributed by atoms with van der Waals surface area (Å²) in [6.45, 7) is 3.48. The molecule has 1 unspecified atom stereocenters. The number of rotatable bonds is 2. The highest BCUT2D eigenvalue weighted by atomic mass is 35.5. The van der Waals surface area contributed by atoms with Gasteiger partial charge in [0.15, 0.2) is 0 Å². The molecule has 1 amide bonds. The molecule has 0 aromatic rings. The predicted octanol–water partition coefficient (Wildman–Crippen LogP) is -0.0708. The molecule has 0 aromatic heterocycles. The van der Waals surface area contributed by atoms with E-state index in [9.17, 15) is 4.79 Å². The first kappa shape index (κ1) is 12.7. The molecular weight excluding hydrogens is 172 g/mol. The highest BCUT2D eigenvalue weighted by Gasteiger charge is 2.25. The maximum absolute atomic E-state index is 10.4. The van der Waals surface area contributed by atoms with Crippen LogP contribution in [0.25, 0.3) is 0 Å². The van der Waals surface area contributed by atoms with Crippen LogP contribution in [0.4, 0.5) is 0 Å². The Morgan fingerprint density at radius 1 is 1.60 bits per heavy atom. The average Bonchev–Trinajstić information content (AvgIpc) is 1.62. The quantitative estimate of drug-likeness (QED) is 0.526. The van der Waals surface area contributed by atoms with E-state index < -0.39 is 16.7 Å². The summed E-state index contributed by atoms with van der Waals surface area (Å²) in [6, 6.07) is -0.680. The van der Waals surface area contributed by atoms with Crippen molar-refractivity contribution in [3.05, 3.63) is 0 Å². The van der Waals surface area contributed by atoms with Gasteiger partial charge in [0.1, 0.15) is 0 Å². The minimum Gasteiger partial charge on any atom is -0.368 e. The highest BCUT2D eigenvalue weighted by Crippen LogP contribution is 2.14. The standard InChI is InChI=1S/C5H12N2OS.ClH/c1-5(2,9)3(6)4(7)8;/h3,9H,6H2,1-2H3,(H2,7,8);1H. The van der Waals surface area contributed by atoms with Gasteiger partial charge >= 0.3 is 0 Å². The first-order valence-corrected chi connectivity index (χ1v) is 3.07. The summed E-state index contributed by atoms with van der Waals surface area (Å²) in [6.07, 6.45) is 0. The lowest BCUT2D eigenvalue weighted by Crippen LogP contribution is -2.48. The van der Waals surface area contributed by atoms with Gasteiger partial charge in [-0.05, 0) is 13.8 Å². The van der Waals surface area contributed by atoms with Crippen molar-refractivity contribution in [2.45, 2.75) is 24.6 Å². The zero-order valence-electron chi connectivity index (χ0n) is 6.00. The van der Waals surface area contributed by atoms with E-state index in [4.69, 9.17) is 11.5 Å². The van der Waals surface area contributed by atoms with Crippen molar-refractivity contribution in [2.24, 2.45) is 11.5 Å². The Morgan fingerprint density at radius 3 is 1.90 bits per heavy atom. The number of amides is 1.